The van der Waals surface area contributed by atoms with E-state index >= 15 is 0 Å². The number of rotatable bonds is 3. The molecule has 0 unspecified atom stereocenters. The van der Waals surface area contributed by atoms with Crippen molar-refractivity contribution in [2.45, 2.75) is 0 Å². The first-order valence-electron chi connectivity index (χ1n) is 6.89. The predicted molar refractivity (Wildman–Crippen MR) is 85.6 cm³/mol. The van der Waals surface area contributed by atoms with Gasteiger partial charge in [-0.3, -0.25) is 15.0 Å². The molecule has 1 fully saturated rings. The zero-order valence-corrected chi connectivity index (χ0v) is 11.8. The third-order valence-corrected chi connectivity index (χ3v) is 3.26. The summed E-state index contributed by atoms with van der Waals surface area (Å²) in [5.74, 6) is -0.750. The van der Waals surface area contributed by atoms with Crippen LogP contribution in [-0.4, -0.2) is 11.8 Å². The Morgan fingerprint density at radius 2 is 1.50 bits per heavy atom. The number of hydrazine groups is 1. The average molecular weight is 290 g/mol. The van der Waals surface area contributed by atoms with E-state index in [1.54, 1.807) is 18.2 Å². The highest BCUT2D eigenvalue weighted by Crippen LogP contribution is 2.19. The van der Waals surface area contributed by atoms with Gasteiger partial charge < -0.3 is 0 Å². The molecule has 0 saturated carbocycles. The molecule has 1 aliphatic heterocycles. The van der Waals surface area contributed by atoms with Gasteiger partial charge >= 0.3 is 0 Å². The van der Waals surface area contributed by atoms with Crippen molar-refractivity contribution in [1.82, 2.24) is 5.43 Å². The Balaban J connectivity index is 1.80. The molecule has 4 nitrogen and oxygen atoms in total. The molecule has 2 aromatic carbocycles. The van der Waals surface area contributed by atoms with Gasteiger partial charge in [-0.15, -0.1) is 0 Å². The largest absolute Gasteiger partial charge is 0.282 e. The molecule has 0 aliphatic carbocycles. The van der Waals surface area contributed by atoms with Crippen molar-refractivity contribution in [1.29, 1.82) is 0 Å². The summed E-state index contributed by atoms with van der Waals surface area (Å²) in [7, 11) is 0. The van der Waals surface area contributed by atoms with Crippen LogP contribution >= 0.6 is 0 Å². The molecule has 1 heterocycles. The zero-order valence-electron chi connectivity index (χ0n) is 11.8. The summed E-state index contributed by atoms with van der Waals surface area (Å²) in [6.45, 7) is 0. The summed E-state index contributed by atoms with van der Waals surface area (Å²) in [6, 6.07) is 18.7. The highest BCUT2D eigenvalue weighted by Gasteiger charge is 2.33. The predicted octanol–water partition coefficient (Wildman–Crippen LogP) is 2.70. The van der Waals surface area contributed by atoms with E-state index < -0.39 is 5.91 Å². The minimum atomic E-state index is -0.397. The van der Waals surface area contributed by atoms with Crippen LogP contribution < -0.4 is 10.4 Å². The average Bonchev–Trinajstić information content (AvgIpc) is 2.85. The van der Waals surface area contributed by atoms with Gasteiger partial charge in [-0.05, 0) is 23.8 Å². The lowest BCUT2D eigenvalue weighted by Crippen LogP contribution is -2.35. The molecule has 1 saturated heterocycles. The fourth-order valence-corrected chi connectivity index (χ4v) is 2.16. The molecule has 0 aromatic heterocycles. The summed E-state index contributed by atoms with van der Waals surface area (Å²) in [4.78, 5) is 24.2. The van der Waals surface area contributed by atoms with Crippen LogP contribution in [0.25, 0.3) is 6.08 Å². The Bertz CT molecular complexity index is 749. The zero-order chi connectivity index (χ0) is 15.4. The number of allylic oxidation sites excluding steroid dienone is 2. The third kappa shape index (κ3) is 2.81. The van der Waals surface area contributed by atoms with Crippen molar-refractivity contribution in [2.24, 2.45) is 0 Å². The topological polar surface area (TPSA) is 49.4 Å². The maximum absolute atomic E-state index is 12.3. The van der Waals surface area contributed by atoms with E-state index in [4.69, 9.17) is 0 Å². The van der Waals surface area contributed by atoms with Gasteiger partial charge in [0.25, 0.3) is 11.8 Å². The Morgan fingerprint density at radius 1 is 0.864 bits per heavy atom. The lowest BCUT2D eigenvalue weighted by atomic mass is 10.2. The highest BCUT2D eigenvalue weighted by molar-refractivity contribution is 6.29. The monoisotopic (exact) mass is 290 g/mol. The first-order chi connectivity index (χ1) is 10.8. The van der Waals surface area contributed by atoms with Gasteiger partial charge in [0.05, 0.1) is 5.69 Å². The van der Waals surface area contributed by atoms with Crippen LogP contribution in [-0.2, 0) is 9.59 Å². The number of nitrogens with zero attached hydrogens (tertiary/aromatic N) is 1. The molecule has 4 heteroatoms. The number of carbonyl (C=O) groups is 2. The van der Waals surface area contributed by atoms with Gasteiger partial charge in [0, 0.05) is 0 Å². The van der Waals surface area contributed by atoms with Crippen molar-refractivity contribution in [3.05, 3.63) is 84.0 Å². The van der Waals surface area contributed by atoms with Crippen LogP contribution in [0.4, 0.5) is 5.69 Å². The molecule has 22 heavy (non-hydrogen) atoms. The summed E-state index contributed by atoms with van der Waals surface area (Å²) < 4.78 is 0. The molecule has 108 valence electrons. The second-order valence-electron chi connectivity index (χ2n) is 4.77. The van der Waals surface area contributed by atoms with Crippen LogP contribution in [0.3, 0.4) is 0 Å². The number of para-hydroxylation sites is 1. The van der Waals surface area contributed by atoms with Gasteiger partial charge in [0.1, 0.15) is 5.57 Å². The van der Waals surface area contributed by atoms with E-state index in [9.17, 15) is 9.59 Å². The number of hydrogen-bond acceptors (Lipinski definition) is 2. The van der Waals surface area contributed by atoms with E-state index in [2.05, 4.69) is 5.43 Å². The summed E-state index contributed by atoms with van der Waals surface area (Å²) >= 11 is 0. The molecular weight excluding hydrogens is 276 g/mol. The normalized spacial score (nSPS) is 16.5. The number of amides is 2. The lowest BCUT2D eigenvalue weighted by Gasteiger charge is -2.13. The molecule has 0 bridgehead atoms. The molecule has 2 amide bonds. The van der Waals surface area contributed by atoms with Crippen molar-refractivity contribution >= 4 is 23.6 Å². The molecule has 1 N–H and O–H groups in total. The highest BCUT2D eigenvalue weighted by atomic mass is 16.2. The van der Waals surface area contributed by atoms with Crippen molar-refractivity contribution in [3.63, 3.8) is 0 Å². The minimum Gasteiger partial charge on any atom is -0.267 e. The van der Waals surface area contributed by atoms with Crippen LogP contribution in [0.1, 0.15) is 5.56 Å². The molecule has 2 aromatic rings. The Labute approximate surface area is 128 Å². The smallest absolute Gasteiger partial charge is 0.267 e. The van der Waals surface area contributed by atoms with Gasteiger partial charge in [0.2, 0.25) is 0 Å². The van der Waals surface area contributed by atoms with E-state index in [1.165, 1.54) is 11.1 Å². The number of nitrogens with one attached hydrogen (secondary N) is 1. The second-order valence-corrected chi connectivity index (χ2v) is 4.77. The Morgan fingerprint density at radius 3 is 2.18 bits per heavy atom. The van der Waals surface area contributed by atoms with Crippen molar-refractivity contribution in [2.75, 3.05) is 5.01 Å². The van der Waals surface area contributed by atoms with Crippen LogP contribution in [0.5, 0.6) is 0 Å². The van der Waals surface area contributed by atoms with E-state index in [0.29, 0.717) is 5.69 Å². The lowest BCUT2D eigenvalue weighted by molar-refractivity contribution is -0.117. The summed E-state index contributed by atoms with van der Waals surface area (Å²) in [5.41, 5.74) is 4.32. The third-order valence-electron chi connectivity index (χ3n) is 3.26. The van der Waals surface area contributed by atoms with Crippen LogP contribution in [0.15, 0.2) is 78.4 Å². The number of carbonyl (C=O) groups excluding carboxylic acids is 2. The SMILES string of the molecule is O=C1NN(c2ccccc2)C(=O)C1=CC=Cc1ccccc1. The Kier molecular flexibility index (Phi) is 3.83. The van der Waals surface area contributed by atoms with Gasteiger partial charge in [-0.1, -0.05) is 60.7 Å². The maximum Gasteiger partial charge on any atom is 0.282 e. The Hall–Kier alpha value is -3.14. The van der Waals surface area contributed by atoms with E-state index in [-0.39, 0.29) is 11.5 Å². The number of benzene rings is 2. The molecule has 0 radical (unpaired) electrons. The molecular formula is C18H14N2O2. The molecule has 3 rings (SSSR count). The summed E-state index contributed by atoms with van der Waals surface area (Å²) in [6.07, 6.45) is 5.09. The minimum absolute atomic E-state index is 0.121. The van der Waals surface area contributed by atoms with Crippen molar-refractivity contribution in [3.8, 4) is 0 Å². The van der Waals surface area contributed by atoms with E-state index in [0.717, 1.165) is 5.56 Å². The van der Waals surface area contributed by atoms with Crippen molar-refractivity contribution < 1.29 is 9.59 Å². The molecule has 0 spiro atoms. The number of hydrogen-bond donors (Lipinski definition) is 1. The fraction of sp³-hybridized carbons (Fsp3) is 0. The van der Waals surface area contributed by atoms with Gasteiger partial charge in [-0.25, -0.2) is 5.01 Å². The first-order valence-corrected chi connectivity index (χ1v) is 6.89. The van der Waals surface area contributed by atoms with Gasteiger partial charge in [-0.2, -0.15) is 0 Å². The fourth-order valence-electron chi connectivity index (χ4n) is 2.16. The number of anilines is 1. The maximum atomic E-state index is 12.3. The molecule has 0 atom stereocenters. The standard InChI is InChI=1S/C18H14N2O2/c21-17-16(13-7-10-14-8-3-1-4-9-14)18(22)20(19-17)15-11-5-2-6-12-15/h1-13H,(H,19,21). The van der Waals surface area contributed by atoms with E-state index in [1.807, 2.05) is 54.6 Å². The van der Waals surface area contributed by atoms with Crippen LogP contribution in [0.2, 0.25) is 0 Å². The summed E-state index contributed by atoms with van der Waals surface area (Å²) in [5, 5.41) is 1.25. The molecule has 1 aliphatic rings. The quantitative estimate of drug-likeness (QED) is 0.698. The second kappa shape index (κ2) is 6.10. The van der Waals surface area contributed by atoms with Crippen LogP contribution in [0, 0.1) is 0 Å². The van der Waals surface area contributed by atoms with Gasteiger partial charge in [0.15, 0.2) is 0 Å². The first kappa shape index (κ1) is 13.8.